The van der Waals surface area contributed by atoms with E-state index in [2.05, 4.69) is 15.2 Å². The van der Waals surface area contributed by atoms with Crippen LogP contribution in [0, 0.1) is 0 Å². The number of amides is 2. The van der Waals surface area contributed by atoms with Crippen LogP contribution in [-0.2, 0) is 11.2 Å². The van der Waals surface area contributed by atoms with Crippen molar-refractivity contribution in [3.8, 4) is 0 Å². The molecule has 1 fully saturated rings. The summed E-state index contributed by atoms with van der Waals surface area (Å²) >= 11 is 0. The molecule has 2 amide bonds. The maximum Gasteiger partial charge on any atom is 0.291 e. The molecule has 0 saturated carbocycles. The van der Waals surface area contributed by atoms with Gasteiger partial charge in [0.05, 0.1) is 24.6 Å². The highest BCUT2D eigenvalue weighted by molar-refractivity contribution is 6.02. The van der Waals surface area contributed by atoms with Crippen LogP contribution in [0.3, 0.4) is 0 Å². The molecule has 0 radical (unpaired) electrons. The van der Waals surface area contributed by atoms with E-state index in [1.807, 2.05) is 47.4 Å². The van der Waals surface area contributed by atoms with E-state index in [0.717, 1.165) is 37.4 Å². The Morgan fingerprint density at radius 3 is 2.57 bits per heavy atom. The van der Waals surface area contributed by atoms with Gasteiger partial charge in [0.1, 0.15) is 5.82 Å². The van der Waals surface area contributed by atoms with Crippen molar-refractivity contribution in [3.05, 3.63) is 78.4 Å². The lowest BCUT2D eigenvalue weighted by Gasteiger charge is -2.23. The van der Waals surface area contributed by atoms with Crippen LogP contribution in [0.1, 0.15) is 22.5 Å². The topological polar surface area (TPSA) is 78.7 Å². The standard InChI is InChI=1S/C23H24N4O3/c28-22(16-18-6-2-1-3-7-18)27-12-5-11-26(13-14-27)21-10-9-19(17-24-21)25-23(29)20-8-4-15-30-20/h1-4,6-10,15,17H,5,11-14,16H2,(H,25,29). The fraction of sp³-hybridized carbons (Fsp3) is 0.261. The molecule has 1 saturated heterocycles. The highest BCUT2D eigenvalue weighted by Crippen LogP contribution is 2.17. The molecule has 0 aliphatic carbocycles. The lowest BCUT2D eigenvalue weighted by Crippen LogP contribution is -2.36. The van der Waals surface area contributed by atoms with Crippen molar-refractivity contribution in [3.63, 3.8) is 0 Å². The third-order valence-corrected chi connectivity index (χ3v) is 5.12. The Balaban J connectivity index is 1.32. The van der Waals surface area contributed by atoms with E-state index in [0.29, 0.717) is 18.7 Å². The molecular formula is C23H24N4O3. The number of anilines is 2. The van der Waals surface area contributed by atoms with Crippen molar-refractivity contribution in [2.24, 2.45) is 0 Å². The van der Waals surface area contributed by atoms with E-state index in [-0.39, 0.29) is 17.6 Å². The average molecular weight is 404 g/mol. The highest BCUT2D eigenvalue weighted by Gasteiger charge is 2.20. The van der Waals surface area contributed by atoms with Crippen molar-refractivity contribution in [1.82, 2.24) is 9.88 Å². The van der Waals surface area contributed by atoms with Crippen LogP contribution in [0.5, 0.6) is 0 Å². The van der Waals surface area contributed by atoms with Crippen LogP contribution >= 0.6 is 0 Å². The summed E-state index contributed by atoms with van der Waals surface area (Å²) in [6.45, 7) is 2.98. The molecule has 1 N–H and O–H groups in total. The van der Waals surface area contributed by atoms with Gasteiger partial charge in [-0.1, -0.05) is 30.3 Å². The maximum absolute atomic E-state index is 12.7. The second-order valence-electron chi connectivity index (χ2n) is 7.22. The van der Waals surface area contributed by atoms with Crippen LogP contribution in [0.2, 0.25) is 0 Å². The number of carbonyl (C=O) groups is 2. The molecule has 0 atom stereocenters. The minimum absolute atomic E-state index is 0.159. The Morgan fingerprint density at radius 2 is 1.83 bits per heavy atom. The monoisotopic (exact) mass is 404 g/mol. The molecule has 4 rings (SSSR count). The first kappa shape index (κ1) is 19.7. The molecule has 0 bridgehead atoms. The summed E-state index contributed by atoms with van der Waals surface area (Å²) < 4.78 is 5.09. The van der Waals surface area contributed by atoms with Gasteiger partial charge >= 0.3 is 0 Å². The van der Waals surface area contributed by atoms with E-state index in [9.17, 15) is 9.59 Å². The van der Waals surface area contributed by atoms with Gasteiger partial charge in [-0.3, -0.25) is 9.59 Å². The van der Waals surface area contributed by atoms with Crippen LogP contribution in [-0.4, -0.2) is 47.9 Å². The molecule has 1 aromatic carbocycles. The van der Waals surface area contributed by atoms with E-state index in [4.69, 9.17) is 4.42 Å². The molecule has 0 spiro atoms. The van der Waals surface area contributed by atoms with Gasteiger partial charge in [-0.2, -0.15) is 0 Å². The highest BCUT2D eigenvalue weighted by atomic mass is 16.3. The average Bonchev–Trinajstić information content (AvgIpc) is 3.20. The lowest BCUT2D eigenvalue weighted by atomic mass is 10.1. The summed E-state index contributed by atoms with van der Waals surface area (Å²) in [6, 6.07) is 16.8. The Labute approximate surface area is 175 Å². The first-order chi connectivity index (χ1) is 14.7. The van der Waals surface area contributed by atoms with Gasteiger partial charge in [0.15, 0.2) is 5.76 Å². The van der Waals surface area contributed by atoms with Gasteiger partial charge < -0.3 is 19.5 Å². The Morgan fingerprint density at radius 1 is 0.967 bits per heavy atom. The van der Waals surface area contributed by atoms with E-state index < -0.39 is 0 Å². The number of benzene rings is 1. The van der Waals surface area contributed by atoms with Crippen molar-refractivity contribution in [2.75, 3.05) is 36.4 Å². The van der Waals surface area contributed by atoms with Crippen LogP contribution in [0.25, 0.3) is 0 Å². The molecule has 1 aliphatic rings. The minimum atomic E-state index is -0.308. The summed E-state index contributed by atoms with van der Waals surface area (Å²) in [4.78, 5) is 33.3. The number of rotatable bonds is 5. The zero-order valence-electron chi connectivity index (χ0n) is 16.7. The SMILES string of the molecule is O=C(Nc1ccc(N2CCCN(C(=O)Cc3ccccc3)CC2)nc1)c1ccco1. The summed E-state index contributed by atoms with van der Waals surface area (Å²) in [6.07, 6.45) is 4.42. The summed E-state index contributed by atoms with van der Waals surface area (Å²) in [5.41, 5.74) is 1.65. The van der Waals surface area contributed by atoms with Gasteiger partial charge in [-0.25, -0.2) is 4.98 Å². The van der Waals surface area contributed by atoms with Crippen LogP contribution in [0.4, 0.5) is 11.5 Å². The number of carbonyl (C=O) groups excluding carboxylic acids is 2. The number of nitrogens with one attached hydrogen (secondary N) is 1. The summed E-state index contributed by atoms with van der Waals surface area (Å²) in [7, 11) is 0. The van der Waals surface area contributed by atoms with E-state index in [1.54, 1.807) is 18.3 Å². The van der Waals surface area contributed by atoms with Gasteiger partial charge in [0, 0.05) is 26.2 Å². The number of hydrogen-bond acceptors (Lipinski definition) is 5. The third kappa shape index (κ3) is 4.86. The largest absolute Gasteiger partial charge is 0.459 e. The molecule has 7 heteroatoms. The third-order valence-electron chi connectivity index (χ3n) is 5.12. The molecule has 1 aliphatic heterocycles. The lowest BCUT2D eigenvalue weighted by molar-refractivity contribution is -0.130. The molecule has 30 heavy (non-hydrogen) atoms. The van der Waals surface area contributed by atoms with Crippen molar-refractivity contribution >= 4 is 23.3 Å². The van der Waals surface area contributed by atoms with Crippen molar-refractivity contribution < 1.29 is 14.0 Å². The predicted octanol–water partition coefficient (Wildman–Crippen LogP) is 3.21. The quantitative estimate of drug-likeness (QED) is 0.707. The number of hydrogen-bond donors (Lipinski definition) is 1. The molecule has 7 nitrogen and oxygen atoms in total. The van der Waals surface area contributed by atoms with Crippen LogP contribution < -0.4 is 10.2 Å². The number of furan rings is 1. The van der Waals surface area contributed by atoms with Crippen LogP contribution in [0.15, 0.2) is 71.5 Å². The van der Waals surface area contributed by atoms with Gasteiger partial charge in [-0.15, -0.1) is 0 Å². The first-order valence-corrected chi connectivity index (χ1v) is 10.1. The fourth-order valence-corrected chi connectivity index (χ4v) is 3.53. The number of aromatic nitrogens is 1. The van der Waals surface area contributed by atoms with Crippen molar-refractivity contribution in [1.29, 1.82) is 0 Å². The normalized spacial score (nSPS) is 14.3. The molecular weight excluding hydrogens is 380 g/mol. The zero-order valence-corrected chi connectivity index (χ0v) is 16.7. The Hall–Kier alpha value is -3.61. The van der Waals surface area contributed by atoms with Gasteiger partial charge in [0.25, 0.3) is 5.91 Å². The summed E-state index contributed by atoms with van der Waals surface area (Å²) in [5.74, 6) is 0.944. The maximum atomic E-state index is 12.7. The number of pyridine rings is 1. The Kier molecular flexibility index (Phi) is 6.08. The molecule has 0 unspecified atom stereocenters. The van der Waals surface area contributed by atoms with E-state index >= 15 is 0 Å². The predicted molar refractivity (Wildman–Crippen MR) is 114 cm³/mol. The van der Waals surface area contributed by atoms with Gasteiger partial charge in [-0.05, 0) is 36.2 Å². The second-order valence-corrected chi connectivity index (χ2v) is 7.22. The minimum Gasteiger partial charge on any atom is -0.459 e. The zero-order chi connectivity index (χ0) is 20.8. The summed E-state index contributed by atoms with van der Waals surface area (Å²) in [5, 5.41) is 2.77. The fourth-order valence-electron chi connectivity index (χ4n) is 3.53. The first-order valence-electron chi connectivity index (χ1n) is 10.1. The second kappa shape index (κ2) is 9.26. The van der Waals surface area contributed by atoms with Gasteiger partial charge in [0.2, 0.25) is 5.91 Å². The Bertz CT molecular complexity index is 971. The molecule has 3 heterocycles. The van der Waals surface area contributed by atoms with E-state index in [1.165, 1.54) is 6.26 Å². The molecule has 2 aromatic heterocycles. The molecule has 154 valence electrons. The molecule has 3 aromatic rings. The van der Waals surface area contributed by atoms with Crippen molar-refractivity contribution in [2.45, 2.75) is 12.8 Å². The smallest absolute Gasteiger partial charge is 0.291 e. The number of nitrogens with zero attached hydrogens (tertiary/aromatic N) is 3.